The lowest BCUT2D eigenvalue weighted by Gasteiger charge is -2.20. The Balaban J connectivity index is 2.25. The molecule has 0 atom stereocenters. The largest absolute Gasteiger partial charge is 0.395 e. The second-order valence-corrected chi connectivity index (χ2v) is 7.64. The maximum absolute atomic E-state index is 12.7. The molecule has 0 bridgehead atoms. The number of benzene rings is 2. The van der Waals surface area contributed by atoms with E-state index in [4.69, 9.17) is 10.2 Å². The third-order valence-electron chi connectivity index (χ3n) is 3.74. The molecule has 0 fully saturated rings. The van der Waals surface area contributed by atoms with Crippen molar-refractivity contribution in [3.8, 4) is 0 Å². The van der Waals surface area contributed by atoms with Crippen LogP contribution < -0.4 is 5.32 Å². The predicted molar refractivity (Wildman–Crippen MR) is 98.5 cm³/mol. The SMILES string of the molecule is Cc1ccc(NC(=O)c2cccc(S(=O)(=O)N(CCO)CCO)c2)cc1. The summed E-state index contributed by atoms with van der Waals surface area (Å²) in [6.07, 6.45) is 0. The van der Waals surface area contributed by atoms with Crippen molar-refractivity contribution in [2.75, 3.05) is 31.6 Å². The topological polar surface area (TPSA) is 107 Å². The lowest BCUT2D eigenvalue weighted by molar-refractivity contribution is 0.102. The van der Waals surface area contributed by atoms with Gasteiger partial charge in [-0.1, -0.05) is 23.8 Å². The summed E-state index contributed by atoms with van der Waals surface area (Å²) in [6.45, 7) is 0.926. The number of aliphatic hydroxyl groups is 2. The lowest BCUT2D eigenvalue weighted by atomic mass is 10.2. The quantitative estimate of drug-likeness (QED) is 0.640. The van der Waals surface area contributed by atoms with E-state index in [1.165, 1.54) is 24.3 Å². The maximum atomic E-state index is 12.7. The van der Waals surface area contributed by atoms with Crippen LogP contribution in [0.3, 0.4) is 0 Å². The zero-order valence-electron chi connectivity index (χ0n) is 14.4. The maximum Gasteiger partial charge on any atom is 0.255 e. The van der Waals surface area contributed by atoms with E-state index in [0.717, 1.165) is 9.87 Å². The molecule has 0 aliphatic rings. The molecule has 2 rings (SSSR count). The number of rotatable bonds is 8. The van der Waals surface area contributed by atoms with Crippen LogP contribution in [0.15, 0.2) is 53.4 Å². The van der Waals surface area contributed by atoms with E-state index in [9.17, 15) is 13.2 Å². The summed E-state index contributed by atoms with van der Waals surface area (Å²) in [5, 5.41) is 20.8. The van der Waals surface area contributed by atoms with Crippen molar-refractivity contribution in [1.29, 1.82) is 0 Å². The van der Waals surface area contributed by atoms with E-state index < -0.39 is 15.9 Å². The minimum absolute atomic E-state index is 0.0732. The molecule has 0 spiro atoms. The van der Waals surface area contributed by atoms with Gasteiger partial charge in [0.05, 0.1) is 18.1 Å². The average Bonchev–Trinajstić information content (AvgIpc) is 2.63. The first-order chi connectivity index (χ1) is 12.4. The van der Waals surface area contributed by atoms with Gasteiger partial charge in [0, 0.05) is 24.3 Å². The standard InChI is InChI=1S/C18H22N2O5S/c1-14-5-7-16(8-6-14)19-18(23)15-3-2-4-17(13-15)26(24,25)20(9-11-21)10-12-22/h2-8,13,21-22H,9-12H2,1H3,(H,19,23). The zero-order valence-corrected chi connectivity index (χ0v) is 15.2. The molecule has 0 saturated carbocycles. The van der Waals surface area contributed by atoms with E-state index in [-0.39, 0.29) is 36.8 Å². The van der Waals surface area contributed by atoms with Crippen LogP contribution in [0.2, 0.25) is 0 Å². The number of nitrogens with zero attached hydrogens (tertiary/aromatic N) is 1. The summed E-state index contributed by atoms with van der Waals surface area (Å²) >= 11 is 0. The number of sulfonamides is 1. The fourth-order valence-corrected chi connectivity index (χ4v) is 3.83. The molecule has 0 aliphatic heterocycles. The summed E-state index contributed by atoms with van der Waals surface area (Å²) in [5.41, 5.74) is 1.86. The molecule has 0 radical (unpaired) electrons. The number of aryl methyl sites for hydroxylation is 1. The van der Waals surface area contributed by atoms with E-state index >= 15 is 0 Å². The number of anilines is 1. The molecule has 8 heteroatoms. The molecule has 0 unspecified atom stereocenters. The van der Waals surface area contributed by atoms with Gasteiger partial charge in [-0.25, -0.2) is 8.42 Å². The Kier molecular flexibility index (Phi) is 6.87. The monoisotopic (exact) mass is 378 g/mol. The van der Waals surface area contributed by atoms with E-state index in [1.807, 2.05) is 19.1 Å². The first kappa shape index (κ1) is 20.1. The number of hydrogen-bond donors (Lipinski definition) is 3. The molecule has 0 heterocycles. The van der Waals surface area contributed by atoms with Crippen LogP contribution >= 0.6 is 0 Å². The highest BCUT2D eigenvalue weighted by atomic mass is 32.2. The molecule has 0 saturated heterocycles. The molecule has 7 nitrogen and oxygen atoms in total. The summed E-state index contributed by atoms with van der Waals surface area (Å²) in [7, 11) is -3.93. The fourth-order valence-electron chi connectivity index (χ4n) is 2.36. The number of carbonyl (C=O) groups excluding carboxylic acids is 1. The smallest absolute Gasteiger partial charge is 0.255 e. The third kappa shape index (κ3) is 4.89. The van der Waals surface area contributed by atoms with Crippen molar-refractivity contribution >= 4 is 21.6 Å². The first-order valence-corrected chi connectivity index (χ1v) is 9.52. The summed E-state index contributed by atoms with van der Waals surface area (Å²) in [4.78, 5) is 12.3. The molecule has 0 aromatic heterocycles. The molecule has 3 N–H and O–H groups in total. The van der Waals surface area contributed by atoms with Crippen molar-refractivity contribution in [2.45, 2.75) is 11.8 Å². The van der Waals surface area contributed by atoms with Gasteiger partial charge in [-0.05, 0) is 37.3 Å². The molecule has 26 heavy (non-hydrogen) atoms. The van der Waals surface area contributed by atoms with Crippen LogP contribution in [0, 0.1) is 6.92 Å². The lowest BCUT2D eigenvalue weighted by Crippen LogP contribution is -2.36. The molecule has 0 aliphatic carbocycles. The van der Waals surface area contributed by atoms with Gasteiger partial charge in [-0.2, -0.15) is 4.31 Å². The summed E-state index contributed by atoms with van der Waals surface area (Å²) in [6, 6.07) is 12.9. The minimum Gasteiger partial charge on any atom is -0.395 e. The van der Waals surface area contributed by atoms with Crippen molar-refractivity contribution < 1.29 is 23.4 Å². The Morgan fingerprint density at radius 1 is 1.04 bits per heavy atom. The van der Waals surface area contributed by atoms with E-state index in [1.54, 1.807) is 12.1 Å². The van der Waals surface area contributed by atoms with Crippen LogP contribution in [0.1, 0.15) is 15.9 Å². The van der Waals surface area contributed by atoms with Crippen LogP contribution in [0.4, 0.5) is 5.69 Å². The second kappa shape index (κ2) is 8.91. The molecule has 2 aromatic rings. The van der Waals surface area contributed by atoms with Crippen molar-refractivity contribution in [3.05, 3.63) is 59.7 Å². The van der Waals surface area contributed by atoms with Gasteiger partial charge in [0.1, 0.15) is 0 Å². The number of aliphatic hydroxyl groups excluding tert-OH is 2. The third-order valence-corrected chi connectivity index (χ3v) is 5.64. The highest BCUT2D eigenvalue weighted by Gasteiger charge is 2.24. The number of carbonyl (C=O) groups is 1. The van der Waals surface area contributed by atoms with Crippen LogP contribution in [-0.2, 0) is 10.0 Å². The van der Waals surface area contributed by atoms with Gasteiger partial charge in [-0.3, -0.25) is 4.79 Å². The van der Waals surface area contributed by atoms with Crippen molar-refractivity contribution in [3.63, 3.8) is 0 Å². The molecular formula is C18H22N2O5S. The number of nitrogens with one attached hydrogen (secondary N) is 1. The molecular weight excluding hydrogens is 356 g/mol. The fraction of sp³-hybridized carbons (Fsp3) is 0.278. The first-order valence-electron chi connectivity index (χ1n) is 8.08. The summed E-state index contributed by atoms with van der Waals surface area (Å²) in [5.74, 6) is -0.429. The molecule has 2 aromatic carbocycles. The second-order valence-electron chi connectivity index (χ2n) is 5.70. The van der Waals surface area contributed by atoms with Crippen LogP contribution in [0.5, 0.6) is 0 Å². The highest BCUT2D eigenvalue weighted by molar-refractivity contribution is 7.89. The Morgan fingerprint density at radius 2 is 1.65 bits per heavy atom. The minimum atomic E-state index is -3.93. The van der Waals surface area contributed by atoms with Gasteiger partial charge in [0.25, 0.3) is 5.91 Å². The Labute approximate surface area is 152 Å². The van der Waals surface area contributed by atoms with Gasteiger partial charge in [0.15, 0.2) is 0 Å². The van der Waals surface area contributed by atoms with Gasteiger partial charge in [0.2, 0.25) is 10.0 Å². The van der Waals surface area contributed by atoms with Gasteiger partial charge < -0.3 is 15.5 Å². The average molecular weight is 378 g/mol. The Hall–Kier alpha value is -2.26. The molecule has 140 valence electrons. The number of amides is 1. The zero-order chi connectivity index (χ0) is 19.2. The normalized spacial score (nSPS) is 11.5. The Bertz CT molecular complexity index is 844. The van der Waals surface area contributed by atoms with Crippen molar-refractivity contribution in [2.24, 2.45) is 0 Å². The van der Waals surface area contributed by atoms with E-state index in [0.29, 0.717) is 5.69 Å². The van der Waals surface area contributed by atoms with Gasteiger partial charge >= 0.3 is 0 Å². The van der Waals surface area contributed by atoms with Crippen LogP contribution in [0.25, 0.3) is 0 Å². The summed E-state index contributed by atoms with van der Waals surface area (Å²) < 4.78 is 26.3. The highest BCUT2D eigenvalue weighted by Crippen LogP contribution is 2.18. The van der Waals surface area contributed by atoms with E-state index in [2.05, 4.69) is 5.32 Å². The Morgan fingerprint density at radius 3 is 2.23 bits per heavy atom. The van der Waals surface area contributed by atoms with Gasteiger partial charge in [-0.15, -0.1) is 0 Å². The molecule has 1 amide bonds. The predicted octanol–water partition coefficient (Wildman–Crippen LogP) is 1.22. The number of hydrogen-bond acceptors (Lipinski definition) is 5. The van der Waals surface area contributed by atoms with Crippen molar-refractivity contribution in [1.82, 2.24) is 4.31 Å². The van der Waals surface area contributed by atoms with Crippen LogP contribution in [-0.4, -0.2) is 55.1 Å².